The zero-order valence-corrected chi connectivity index (χ0v) is 13.2. The van der Waals surface area contributed by atoms with Gasteiger partial charge in [-0.1, -0.05) is 17.4 Å². The van der Waals surface area contributed by atoms with E-state index in [1.54, 1.807) is 11.3 Å². The molecule has 2 aromatic rings. The van der Waals surface area contributed by atoms with E-state index in [4.69, 9.17) is 0 Å². The summed E-state index contributed by atoms with van der Waals surface area (Å²) in [7, 11) is 4.40. The van der Waals surface area contributed by atoms with E-state index in [1.807, 2.05) is 0 Å². The van der Waals surface area contributed by atoms with E-state index in [0.29, 0.717) is 6.04 Å². The van der Waals surface area contributed by atoms with Gasteiger partial charge in [0, 0.05) is 32.2 Å². The van der Waals surface area contributed by atoms with Gasteiger partial charge in [0.05, 0.1) is 10.2 Å². The normalized spacial score (nSPS) is 21.4. The number of aryl methyl sites for hydroxylation is 1. The van der Waals surface area contributed by atoms with E-state index in [2.05, 4.69) is 59.3 Å². The number of nitrogens with zero attached hydrogens (tertiary/aromatic N) is 3. The summed E-state index contributed by atoms with van der Waals surface area (Å²) in [6.45, 7) is 6.50. The number of hydrogen-bond donors (Lipinski definition) is 1. The number of anilines is 1. The molecule has 1 aliphatic heterocycles. The maximum atomic E-state index is 4.66. The first kappa shape index (κ1) is 13.8. The van der Waals surface area contributed by atoms with Gasteiger partial charge in [-0.05, 0) is 38.7 Å². The molecule has 1 atom stereocenters. The molecule has 3 rings (SSSR count). The minimum Gasteiger partial charge on any atom is -0.360 e. The quantitative estimate of drug-likeness (QED) is 0.939. The lowest BCUT2D eigenvalue weighted by Crippen LogP contribution is -2.52. The monoisotopic (exact) mass is 290 g/mol. The standard InChI is InChI=1S/C15H22N4S/c1-11-4-5-13-14(8-11)20-15(17-13)16-9-12-10-18(2)6-7-19(12)3/h4-5,8,12H,6-7,9-10H2,1-3H3,(H,16,17). The van der Waals surface area contributed by atoms with E-state index >= 15 is 0 Å². The predicted molar refractivity (Wildman–Crippen MR) is 86.8 cm³/mol. The number of likely N-dealkylation sites (N-methyl/N-ethyl adjacent to an activating group) is 2. The van der Waals surface area contributed by atoms with Crippen LogP contribution in [0.3, 0.4) is 0 Å². The SMILES string of the molecule is Cc1ccc2nc(NCC3CN(C)CCN3C)sc2c1. The Kier molecular flexibility index (Phi) is 3.92. The minimum atomic E-state index is 0.558. The fourth-order valence-corrected chi connectivity index (χ4v) is 3.61. The van der Waals surface area contributed by atoms with Gasteiger partial charge in [0.2, 0.25) is 0 Å². The number of nitrogens with one attached hydrogen (secondary N) is 1. The van der Waals surface area contributed by atoms with Crippen molar-refractivity contribution < 1.29 is 0 Å². The Balaban J connectivity index is 1.67. The van der Waals surface area contributed by atoms with E-state index < -0.39 is 0 Å². The third kappa shape index (κ3) is 2.95. The number of rotatable bonds is 3. The van der Waals surface area contributed by atoms with Gasteiger partial charge in [-0.2, -0.15) is 0 Å². The second kappa shape index (κ2) is 5.68. The molecule has 1 aromatic carbocycles. The topological polar surface area (TPSA) is 31.4 Å². The van der Waals surface area contributed by atoms with Gasteiger partial charge >= 0.3 is 0 Å². The molecule has 1 unspecified atom stereocenters. The highest BCUT2D eigenvalue weighted by Gasteiger charge is 2.22. The Morgan fingerprint density at radius 3 is 3.05 bits per heavy atom. The summed E-state index contributed by atoms with van der Waals surface area (Å²) in [5.74, 6) is 0. The van der Waals surface area contributed by atoms with Gasteiger partial charge in [0.15, 0.2) is 5.13 Å². The van der Waals surface area contributed by atoms with Crippen LogP contribution in [0.25, 0.3) is 10.2 Å². The van der Waals surface area contributed by atoms with Crippen LogP contribution in [0.4, 0.5) is 5.13 Å². The van der Waals surface area contributed by atoms with E-state index in [0.717, 1.165) is 36.8 Å². The number of piperazine rings is 1. The Bertz CT molecular complexity index is 595. The summed E-state index contributed by atoms with van der Waals surface area (Å²) in [6, 6.07) is 6.99. The second-order valence-corrected chi connectivity index (χ2v) is 6.80. The average molecular weight is 290 g/mol. The maximum absolute atomic E-state index is 4.66. The summed E-state index contributed by atoms with van der Waals surface area (Å²) < 4.78 is 1.27. The fraction of sp³-hybridized carbons (Fsp3) is 0.533. The van der Waals surface area contributed by atoms with Crippen molar-refractivity contribution in [2.45, 2.75) is 13.0 Å². The van der Waals surface area contributed by atoms with Gasteiger partial charge in [-0.3, -0.25) is 4.90 Å². The molecule has 1 aromatic heterocycles. The van der Waals surface area contributed by atoms with Crippen LogP contribution in [0.2, 0.25) is 0 Å². The lowest BCUT2D eigenvalue weighted by Gasteiger charge is -2.37. The molecule has 0 bridgehead atoms. The first-order valence-corrected chi connectivity index (χ1v) is 7.93. The molecule has 2 heterocycles. The number of thiazole rings is 1. The predicted octanol–water partition coefficient (Wildman–Crippen LogP) is 2.26. The molecular formula is C15H22N4S. The van der Waals surface area contributed by atoms with Crippen molar-refractivity contribution in [2.75, 3.05) is 45.6 Å². The molecule has 0 spiro atoms. The molecule has 1 N–H and O–H groups in total. The maximum Gasteiger partial charge on any atom is 0.183 e. The molecule has 0 saturated carbocycles. The van der Waals surface area contributed by atoms with Crippen molar-refractivity contribution in [2.24, 2.45) is 0 Å². The van der Waals surface area contributed by atoms with Crippen LogP contribution in [-0.2, 0) is 0 Å². The molecule has 108 valence electrons. The fourth-order valence-electron chi connectivity index (χ4n) is 2.63. The highest BCUT2D eigenvalue weighted by molar-refractivity contribution is 7.22. The van der Waals surface area contributed by atoms with E-state index in [-0.39, 0.29) is 0 Å². The third-order valence-corrected chi connectivity index (χ3v) is 4.99. The van der Waals surface area contributed by atoms with Gasteiger partial charge < -0.3 is 10.2 Å². The van der Waals surface area contributed by atoms with Crippen LogP contribution in [-0.4, -0.2) is 61.1 Å². The van der Waals surface area contributed by atoms with Crippen LogP contribution in [0.15, 0.2) is 18.2 Å². The highest BCUT2D eigenvalue weighted by Crippen LogP contribution is 2.26. The van der Waals surface area contributed by atoms with Crippen LogP contribution >= 0.6 is 11.3 Å². The Morgan fingerprint density at radius 1 is 1.35 bits per heavy atom. The molecule has 0 aliphatic carbocycles. The van der Waals surface area contributed by atoms with Crippen molar-refractivity contribution in [3.8, 4) is 0 Å². The summed E-state index contributed by atoms with van der Waals surface area (Å²) in [6.07, 6.45) is 0. The Hall–Kier alpha value is -1.17. The van der Waals surface area contributed by atoms with Crippen molar-refractivity contribution in [3.63, 3.8) is 0 Å². The first-order chi connectivity index (χ1) is 9.61. The smallest absolute Gasteiger partial charge is 0.183 e. The van der Waals surface area contributed by atoms with Crippen molar-refractivity contribution in [3.05, 3.63) is 23.8 Å². The van der Waals surface area contributed by atoms with Crippen LogP contribution in [0, 0.1) is 6.92 Å². The van der Waals surface area contributed by atoms with Crippen LogP contribution < -0.4 is 5.32 Å². The first-order valence-electron chi connectivity index (χ1n) is 7.11. The van der Waals surface area contributed by atoms with E-state index in [9.17, 15) is 0 Å². The highest BCUT2D eigenvalue weighted by atomic mass is 32.1. The molecular weight excluding hydrogens is 268 g/mol. The van der Waals surface area contributed by atoms with Gasteiger partial charge in [-0.25, -0.2) is 4.98 Å². The molecule has 20 heavy (non-hydrogen) atoms. The molecule has 1 saturated heterocycles. The Morgan fingerprint density at radius 2 is 2.20 bits per heavy atom. The lowest BCUT2D eigenvalue weighted by molar-refractivity contribution is 0.122. The number of hydrogen-bond acceptors (Lipinski definition) is 5. The van der Waals surface area contributed by atoms with Gasteiger partial charge in [-0.15, -0.1) is 0 Å². The van der Waals surface area contributed by atoms with Crippen LogP contribution in [0.5, 0.6) is 0 Å². The molecule has 1 aliphatic rings. The minimum absolute atomic E-state index is 0.558. The summed E-state index contributed by atoms with van der Waals surface area (Å²) in [5, 5.41) is 4.55. The third-order valence-electron chi connectivity index (χ3n) is 4.01. The van der Waals surface area contributed by atoms with Crippen LogP contribution in [0.1, 0.15) is 5.56 Å². The zero-order chi connectivity index (χ0) is 14.1. The molecule has 1 fully saturated rings. The number of benzene rings is 1. The molecule has 5 heteroatoms. The molecule has 0 amide bonds. The van der Waals surface area contributed by atoms with E-state index in [1.165, 1.54) is 10.3 Å². The average Bonchev–Trinajstić information content (AvgIpc) is 2.81. The second-order valence-electron chi connectivity index (χ2n) is 5.77. The molecule has 4 nitrogen and oxygen atoms in total. The zero-order valence-electron chi connectivity index (χ0n) is 12.4. The number of fused-ring (bicyclic) bond motifs is 1. The van der Waals surface area contributed by atoms with Gasteiger partial charge in [0.25, 0.3) is 0 Å². The lowest BCUT2D eigenvalue weighted by atomic mass is 10.2. The molecule has 0 radical (unpaired) electrons. The summed E-state index contributed by atoms with van der Waals surface area (Å²) >= 11 is 1.75. The van der Waals surface area contributed by atoms with Crippen molar-refractivity contribution in [1.29, 1.82) is 0 Å². The Labute approximate surface area is 124 Å². The number of aromatic nitrogens is 1. The van der Waals surface area contributed by atoms with Gasteiger partial charge in [0.1, 0.15) is 0 Å². The summed E-state index contributed by atoms with van der Waals surface area (Å²) in [4.78, 5) is 9.49. The van der Waals surface area contributed by atoms with Crippen molar-refractivity contribution in [1.82, 2.24) is 14.8 Å². The summed E-state index contributed by atoms with van der Waals surface area (Å²) in [5.41, 5.74) is 2.39. The van der Waals surface area contributed by atoms with Crippen molar-refractivity contribution >= 4 is 26.7 Å². The largest absolute Gasteiger partial charge is 0.360 e.